The molecule has 0 fully saturated rings. The van der Waals surface area contributed by atoms with Crippen molar-refractivity contribution in [2.75, 3.05) is 7.11 Å². The molecule has 3 rings (SSSR count). The van der Waals surface area contributed by atoms with Crippen molar-refractivity contribution < 1.29 is 14.0 Å². The standard InChI is InChI=1S/C19H17N3O3/c1-13(24-16-9-8-15(12-20)10-17(16)23-2)19-21-18(22-25-19)11-14-6-4-3-5-7-14/h3-10,13H,11H2,1-2H3. The van der Waals surface area contributed by atoms with Crippen LogP contribution < -0.4 is 9.47 Å². The third-order valence-corrected chi connectivity index (χ3v) is 3.63. The topological polar surface area (TPSA) is 81.2 Å². The highest BCUT2D eigenvalue weighted by atomic mass is 16.5. The van der Waals surface area contributed by atoms with Crippen molar-refractivity contribution in [3.05, 3.63) is 71.4 Å². The number of hydrogen-bond acceptors (Lipinski definition) is 6. The number of benzene rings is 2. The molecule has 6 heteroatoms. The average molecular weight is 335 g/mol. The van der Waals surface area contributed by atoms with E-state index < -0.39 is 6.10 Å². The molecule has 0 bridgehead atoms. The molecule has 1 heterocycles. The van der Waals surface area contributed by atoms with Crippen LogP contribution in [0.2, 0.25) is 0 Å². The van der Waals surface area contributed by atoms with Crippen LogP contribution in [0.4, 0.5) is 0 Å². The van der Waals surface area contributed by atoms with E-state index in [1.165, 1.54) is 7.11 Å². The number of rotatable bonds is 6. The Kier molecular flexibility index (Phi) is 4.95. The third kappa shape index (κ3) is 3.96. The second-order valence-electron chi connectivity index (χ2n) is 5.45. The van der Waals surface area contributed by atoms with Crippen molar-refractivity contribution in [3.63, 3.8) is 0 Å². The Bertz CT molecular complexity index is 884. The van der Waals surface area contributed by atoms with Crippen molar-refractivity contribution in [2.24, 2.45) is 0 Å². The van der Waals surface area contributed by atoms with Gasteiger partial charge in [-0.3, -0.25) is 0 Å². The predicted octanol–water partition coefficient (Wildman–Crippen LogP) is 3.68. The van der Waals surface area contributed by atoms with Gasteiger partial charge < -0.3 is 14.0 Å². The summed E-state index contributed by atoms with van der Waals surface area (Å²) in [7, 11) is 1.53. The van der Waals surface area contributed by atoms with E-state index in [1.54, 1.807) is 18.2 Å². The van der Waals surface area contributed by atoms with Crippen molar-refractivity contribution in [2.45, 2.75) is 19.4 Å². The van der Waals surface area contributed by atoms with Gasteiger partial charge in [0, 0.05) is 12.5 Å². The zero-order chi connectivity index (χ0) is 17.6. The Morgan fingerprint density at radius 3 is 2.68 bits per heavy atom. The van der Waals surface area contributed by atoms with Crippen LogP contribution in [0.1, 0.15) is 35.9 Å². The van der Waals surface area contributed by atoms with E-state index in [0.29, 0.717) is 35.2 Å². The molecule has 2 aromatic carbocycles. The molecule has 0 aliphatic heterocycles. The van der Waals surface area contributed by atoms with Crippen LogP contribution in [0.15, 0.2) is 53.1 Å². The molecule has 126 valence electrons. The molecule has 0 aliphatic carbocycles. The van der Waals surface area contributed by atoms with Gasteiger partial charge in [-0.2, -0.15) is 10.2 Å². The number of ether oxygens (including phenoxy) is 2. The van der Waals surface area contributed by atoms with Crippen LogP contribution >= 0.6 is 0 Å². The van der Waals surface area contributed by atoms with Gasteiger partial charge in [0.2, 0.25) is 0 Å². The van der Waals surface area contributed by atoms with E-state index in [2.05, 4.69) is 16.2 Å². The molecule has 0 amide bonds. The quantitative estimate of drug-likeness (QED) is 0.683. The maximum atomic E-state index is 8.95. The molecule has 0 aliphatic rings. The predicted molar refractivity (Wildman–Crippen MR) is 90.3 cm³/mol. The Morgan fingerprint density at radius 2 is 1.96 bits per heavy atom. The minimum atomic E-state index is -0.446. The van der Waals surface area contributed by atoms with Gasteiger partial charge in [0.15, 0.2) is 23.4 Å². The Morgan fingerprint density at radius 1 is 1.16 bits per heavy atom. The lowest BCUT2D eigenvalue weighted by atomic mass is 10.1. The SMILES string of the molecule is COc1cc(C#N)ccc1OC(C)c1nc(Cc2ccccc2)no1. The molecule has 1 unspecified atom stereocenters. The summed E-state index contributed by atoms with van der Waals surface area (Å²) in [6, 6.07) is 17.0. The number of hydrogen-bond donors (Lipinski definition) is 0. The first-order chi connectivity index (χ1) is 12.2. The molecule has 0 spiro atoms. The van der Waals surface area contributed by atoms with Gasteiger partial charge in [-0.1, -0.05) is 35.5 Å². The first kappa shape index (κ1) is 16.5. The van der Waals surface area contributed by atoms with Crippen LogP contribution in [0, 0.1) is 11.3 Å². The summed E-state index contributed by atoms with van der Waals surface area (Å²) < 4.78 is 16.4. The van der Waals surface area contributed by atoms with Crippen LogP contribution in [-0.4, -0.2) is 17.3 Å². The minimum absolute atomic E-state index is 0.386. The minimum Gasteiger partial charge on any atom is -0.493 e. The Balaban J connectivity index is 1.72. The molecule has 3 aromatic rings. The van der Waals surface area contributed by atoms with Gasteiger partial charge in [0.1, 0.15) is 0 Å². The van der Waals surface area contributed by atoms with Crippen molar-refractivity contribution in [1.82, 2.24) is 10.1 Å². The first-order valence-electron chi connectivity index (χ1n) is 7.81. The van der Waals surface area contributed by atoms with Crippen LogP contribution in [0.5, 0.6) is 11.5 Å². The molecule has 0 saturated heterocycles. The number of nitrogens with zero attached hydrogens (tertiary/aromatic N) is 3. The number of methoxy groups -OCH3 is 1. The molecular formula is C19H17N3O3. The van der Waals surface area contributed by atoms with Crippen molar-refractivity contribution in [1.29, 1.82) is 5.26 Å². The zero-order valence-electron chi connectivity index (χ0n) is 14.0. The Hall–Kier alpha value is -3.33. The van der Waals surface area contributed by atoms with Crippen LogP contribution in [-0.2, 0) is 6.42 Å². The largest absolute Gasteiger partial charge is 0.493 e. The van der Waals surface area contributed by atoms with Gasteiger partial charge in [0.25, 0.3) is 5.89 Å². The summed E-state index contributed by atoms with van der Waals surface area (Å²) in [4.78, 5) is 4.39. The van der Waals surface area contributed by atoms with Crippen molar-refractivity contribution in [3.8, 4) is 17.6 Å². The van der Waals surface area contributed by atoms with Crippen molar-refractivity contribution >= 4 is 0 Å². The van der Waals surface area contributed by atoms with E-state index in [1.807, 2.05) is 37.3 Å². The van der Waals surface area contributed by atoms with Gasteiger partial charge in [-0.25, -0.2) is 0 Å². The molecule has 1 aromatic heterocycles. The fraction of sp³-hybridized carbons (Fsp3) is 0.211. The highest BCUT2D eigenvalue weighted by Crippen LogP contribution is 2.31. The maximum Gasteiger partial charge on any atom is 0.267 e. The highest BCUT2D eigenvalue weighted by molar-refractivity contribution is 5.46. The van der Waals surface area contributed by atoms with E-state index in [4.69, 9.17) is 19.3 Å². The van der Waals surface area contributed by atoms with Gasteiger partial charge >= 0.3 is 0 Å². The maximum absolute atomic E-state index is 8.95. The second-order valence-corrected chi connectivity index (χ2v) is 5.45. The zero-order valence-corrected chi connectivity index (χ0v) is 14.0. The molecule has 1 atom stereocenters. The summed E-state index contributed by atoms with van der Waals surface area (Å²) in [5.41, 5.74) is 1.61. The van der Waals surface area contributed by atoms with Crippen LogP contribution in [0.25, 0.3) is 0 Å². The number of nitriles is 1. The van der Waals surface area contributed by atoms with Crippen LogP contribution in [0.3, 0.4) is 0 Å². The average Bonchev–Trinajstić information content (AvgIpc) is 3.11. The summed E-state index contributed by atoms with van der Waals surface area (Å²) in [5, 5.41) is 13.0. The fourth-order valence-electron chi connectivity index (χ4n) is 2.36. The molecule has 0 N–H and O–H groups in total. The smallest absolute Gasteiger partial charge is 0.267 e. The Labute approximate surface area is 145 Å². The monoisotopic (exact) mass is 335 g/mol. The molecule has 25 heavy (non-hydrogen) atoms. The first-order valence-corrected chi connectivity index (χ1v) is 7.81. The lowest BCUT2D eigenvalue weighted by molar-refractivity contribution is 0.169. The van der Waals surface area contributed by atoms with E-state index in [-0.39, 0.29) is 0 Å². The van der Waals surface area contributed by atoms with E-state index in [0.717, 1.165) is 5.56 Å². The fourth-order valence-corrected chi connectivity index (χ4v) is 2.36. The molecule has 0 saturated carbocycles. The normalized spacial score (nSPS) is 11.6. The molecular weight excluding hydrogens is 318 g/mol. The summed E-state index contributed by atoms with van der Waals surface area (Å²) in [6.45, 7) is 1.82. The summed E-state index contributed by atoms with van der Waals surface area (Å²) in [6.07, 6.45) is 0.149. The van der Waals surface area contributed by atoms with Gasteiger partial charge in [0.05, 0.1) is 18.7 Å². The lowest BCUT2D eigenvalue weighted by Gasteiger charge is -2.14. The molecule has 0 radical (unpaired) electrons. The lowest BCUT2D eigenvalue weighted by Crippen LogP contribution is -2.05. The molecule has 6 nitrogen and oxygen atoms in total. The number of aromatic nitrogens is 2. The van der Waals surface area contributed by atoms with E-state index >= 15 is 0 Å². The van der Waals surface area contributed by atoms with Gasteiger partial charge in [-0.05, 0) is 24.6 Å². The summed E-state index contributed by atoms with van der Waals surface area (Å²) >= 11 is 0. The third-order valence-electron chi connectivity index (χ3n) is 3.63. The highest BCUT2D eigenvalue weighted by Gasteiger charge is 2.18. The van der Waals surface area contributed by atoms with E-state index in [9.17, 15) is 0 Å². The second kappa shape index (κ2) is 7.49. The van der Waals surface area contributed by atoms with Gasteiger partial charge in [-0.15, -0.1) is 0 Å². The summed E-state index contributed by atoms with van der Waals surface area (Å²) in [5.74, 6) is 1.98.